The lowest BCUT2D eigenvalue weighted by molar-refractivity contribution is 1.35. The first-order chi connectivity index (χ1) is 22.8. The topological polar surface area (TPSA) is 38.7 Å². The van der Waals surface area contributed by atoms with Gasteiger partial charge in [-0.05, 0) is 74.8 Å². The molecule has 0 aliphatic heterocycles. The Morgan fingerprint density at radius 2 is 0.978 bits per heavy atom. The number of aromatic nitrogens is 3. The molecule has 0 aliphatic carbocycles. The minimum Gasteiger partial charge on any atom is -0.255 e. The van der Waals surface area contributed by atoms with E-state index in [4.69, 9.17) is 9.97 Å². The average molecular weight is 586 g/mol. The molecule has 0 amide bonds. The molecule has 9 aromatic rings. The molecule has 9 rings (SSSR count). The average Bonchev–Trinajstić information content (AvgIpc) is 3.14. The molecule has 0 saturated heterocycles. The molecule has 214 valence electrons. The molecule has 0 atom stereocenters. The van der Waals surface area contributed by atoms with Crippen molar-refractivity contribution >= 4 is 43.4 Å². The smallest absolute Gasteiger partial charge is 0.0964 e. The minimum atomic E-state index is 0.916. The predicted octanol–water partition coefficient (Wildman–Crippen LogP) is 11.2. The van der Waals surface area contributed by atoms with Gasteiger partial charge in [0.05, 0.1) is 16.7 Å². The van der Waals surface area contributed by atoms with E-state index in [9.17, 15) is 0 Å². The number of hydrogen-bond acceptors (Lipinski definition) is 3. The van der Waals surface area contributed by atoms with Crippen LogP contribution in [-0.2, 0) is 0 Å². The molecule has 0 bridgehead atoms. The highest BCUT2D eigenvalue weighted by atomic mass is 14.7. The highest BCUT2D eigenvalue weighted by Gasteiger charge is 2.15. The second kappa shape index (κ2) is 10.8. The highest BCUT2D eigenvalue weighted by molar-refractivity contribution is 6.05. The first-order valence-corrected chi connectivity index (χ1v) is 15.5. The molecule has 3 heterocycles. The molecule has 3 heteroatoms. The standard InChI is InChI=1S/C43H27N3/c1-2-10-29(11-3-1)41-39-15-7-6-14-38(39)40(27-46-41)36-24-34(32-18-16-28-9-4-5-12-31(28)21-32)23-35(25-36)37-22-33-19-17-30-13-8-20-44-42(30)43(33)45-26-37/h1-27H. The van der Waals surface area contributed by atoms with Crippen LogP contribution in [0.4, 0.5) is 0 Å². The lowest BCUT2D eigenvalue weighted by Gasteiger charge is -2.15. The summed E-state index contributed by atoms with van der Waals surface area (Å²) in [6, 6.07) is 51.6. The highest BCUT2D eigenvalue weighted by Crippen LogP contribution is 2.39. The summed E-state index contributed by atoms with van der Waals surface area (Å²) in [6.07, 6.45) is 5.84. The molecule has 46 heavy (non-hydrogen) atoms. The summed E-state index contributed by atoms with van der Waals surface area (Å²) in [6.45, 7) is 0. The summed E-state index contributed by atoms with van der Waals surface area (Å²) < 4.78 is 0. The number of hydrogen-bond donors (Lipinski definition) is 0. The largest absolute Gasteiger partial charge is 0.255 e. The Morgan fingerprint density at radius 1 is 0.326 bits per heavy atom. The van der Waals surface area contributed by atoms with Gasteiger partial charge in [0.25, 0.3) is 0 Å². The van der Waals surface area contributed by atoms with Gasteiger partial charge in [0.15, 0.2) is 0 Å². The number of rotatable bonds is 4. The van der Waals surface area contributed by atoms with Crippen molar-refractivity contribution in [3.05, 3.63) is 164 Å². The van der Waals surface area contributed by atoms with Crippen molar-refractivity contribution in [3.8, 4) is 44.6 Å². The molecule has 3 aromatic heterocycles. The lowest BCUT2D eigenvalue weighted by atomic mass is 9.91. The summed E-state index contributed by atoms with van der Waals surface area (Å²) in [5, 5.41) is 6.92. The van der Waals surface area contributed by atoms with Crippen molar-refractivity contribution in [3.63, 3.8) is 0 Å². The third-order valence-corrected chi connectivity index (χ3v) is 8.93. The monoisotopic (exact) mass is 585 g/mol. The van der Waals surface area contributed by atoms with Crippen LogP contribution in [0.1, 0.15) is 0 Å². The van der Waals surface area contributed by atoms with Gasteiger partial charge in [0.2, 0.25) is 0 Å². The summed E-state index contributed by atoms with van der Waals surface area (Å²) in [5.74, 6) is 0. The van der Waals surface area contributed by atoms with Crippen LogP contribution in [0.25, 0.3) is 88.0 Å². The summed E-state index contributed by atoms with van der Waals surface area (Å²) >= 11 is 0. The van der Waals surface area contributed by atoms with Crippen molar-refractivity contribution in [1.29, 1.82) is 0 Å². The zero-order valence-electron chi connectivity index (χ0n) is 24.9. The Morgan fingerprint density at radius 3 is 1.87 bits per heavy atom. The number of fused-ring (bicyclic) bond motifs is 5. The van der Waals surface area contributed by atoms with Gasteiger partial charge in [-0.2, -0.15) is 0 Å². The van der Waals surface area contributed by atoms with Crippen LogP contribution in [0.5, 0.6) is 0 Å². The lowest BCUT2D eigenvalue weighted by Crippen LogP contribution is -1.92. The van der Waals surface area contributed by atoms with E-state index in [0.29, 0.717) is 0 Å². The summed E-state index contributed by atoms with van der Waals surface area (Å²) in [4.78, 5) is 14.6. The SMILES string of the molecule is c1ccc(-c2ncc(-c3cc(-c4ccc5ccccc5c4)cc(-c4cnc5c(ccc6cccnc65)c4)c3)c3ccccc23)cc1. The predicted molar refractivity (Wildman–Crippen MR) is 192 cm³/mol. The number of pyridine rings is 3. The normalized spacial score (nSPS) is 11.5. The third-order valence-electron chi connectivity index (χ3n) is 8.93. The van der Waals surface area contributed by atoms with Crippen LogP contribution in [0.2, 0.25) is 0 Å². The van der Waals surface area contributed by atoms with Crippen LogP contribution in [0.3, 0.4) is 0 Å². The van der Waals surface area contributed by atoms with Gasteiger partial charge < -0.3 is 0 Å². The Balaban J connectivity index is 1.27. The van der Waals surface area contributed by atoms with Crippen molar-refractivity contribution in [2.45, 2.75) is 0 Å². The van der Waals surface area contributed by atoms with Gasteiger partial charge in [-0.3, -0.25) is 15.0 Å². The molecule has 0 saturated carbocycles. The minimum absolute atomic E-state index is 0.916. The first-order valence-electron chi connectivity index (χ1n) is 15.5. The maximum Gasteiger partial charge on any atom is 0.0964 e. The van der Waals surface area contributed by atoms with Crippen molar-refractivity contribution in [2.75, 3.05) is 0 Å². The van der Waals surface area contributed by atoms with E-state index in [1.54, 1.807) is 0 Å². The molecule has 0 fully saturated rings. The third kappa shape index (κ3) is 4.49. The summed E-state index contributed by atoms with van der Waals surface area (Å²) in [5.41, 5.74) is 10.6. The Labute approximate surface area is 266 Å². The van der Waals surface area contributed by atoms with Crippen LogP contribution in [0, 0.1) is 0 Å². The second-order valence-electron chi connectivity index (χ2n) is 11.7. The van der Waals surface area contributed by atoms with E-state index >= 15 is 0 Å². The van der Waals surface area contributed by atoms with E-state index in [0.717, 1.165) is 66.3 Å². The fourth-order valence-electron chi connectivity index (χ4n) is 6.63. The fourth-order valence-corrected chi connectivity index (χ4v) is 6.63. The molecule has 0 radical (unpaired) electrons. The van der Waals surface area contributed by atoms with Gasteiger partial charge in [0, 0.05) is 51.4 Å². The molecule has 0 N–H and O–H groups in total. The van der Waals surface area contributed by atoms with Crippen LogP contribution in [-0.4, -0.2) is 15.0 Å². The fraction of sp³-hybridized carbons (Fsp3) is 0. The Hall–Kier alpha value is -6.19. The van der Waals surface area contributed by atoms with Gasteiger partial charge in [-0.25, -0.2) is 0 Å². The molecular formula is C43H27N3. The Kier molecular flexibility index (Phi) is 6.14. The number of benzene rings is 6. The van der Waals surface area contributed by atoms with Crippen molar-refractivity contribution in [2.24, 2.45) is 0 Å². The van der Waals surface area contributed by atoms with E-state index in [2.05, 4.69) is 138 Å². The van der Waals surface area contributed by atoms with Gasteiger partial charge in [-0.15, -0.1) is 0 Å². The quantitative estimate of drug-likeness (QED) is 0.193. The van der Waals surface area contributed by atoms with E-state index < -0.39 is 0 Å². The van der Waals surface area contributed by atoms with Crippen molar-refractivity contribution < 1.29 is 0 Å². The maximum atomic E-state index is 5.05. The van der Waals surface area contributed by atoms with Gasteiger partial charge in [0.1, 0.15) is 0 Å². The van der Waals surface area contributed by atoms with Crippen LogP contribution < -0.4 is 0 Å². The van der Waals surface area contributed by atoms with Crippen LogP contribution >= 0.6 is 0 Å². The van der Waals surface area contributed by atoms with Gasteiger partial charge in [-0.1, -0.05) is 109 Å². The van der Waals surface area contributed by atoms with Crippen LogP contribution in [0.15, 0.2) is 164 Å². The second-order valence-corrected chi connectivity index (χ2v) is 11.7. The van der Waals surface area contributed by atoms with Gasteiger partial charge >= 0.3 is 0 Å². The number of nitrogens with zero attached hydrogens (tertiary/aromatic N) is 3. The zero-order valence-corrected chi connectivity index (χ0v) is 24.9. The maximum absolute atomic E-state index is 5.05. The van der Waals surface area contributed by atoms with Crippen molar-refractivity contribution in [1.82, 2.24) is 15.0 Å². The van der Waals surface area contributed by atoms with E-state index in [1.807, 2.05) is 30.7 Å². The summed E-state index contributed by atoms with van der Waals surface area (Å²) in [7, 11) is 0. The first kappa shape index (κ1) is 26.2. The molecule has 0 unspecified atom stereocenters. The molecule has 0 aliphatic rings. The Bertz CT molecular complexity index is 2590. The molecular weight excluding hydrogens is 558 g/mol. The molecule has 0 spiro atoms. The molecule has 3 nitrogen and oxygen atoms in total. The zero-order chi connectivity index (χ0) is 30.5. The van der Waals surface area contributed by atoms with E-state index in [-0.39, 0.29) is 0 Å². The molecule has 6 aromatic carbocycles. The van der Waals surface area contributed by atoms with E-state index in [1.165, 1.54) is 21.7 Å².